The molecule has 2 aromatic heterocycles. The Hall–Kier alpha value is -3.52. The minimum absolute atomic E-state index is 0.0135. The van der Waals surface area contributed by atoms with E-state index in [1.807, 2.05) is 24.3 Å². The number of aromatic amines is 1. The van der Waals surface area contributed by atoms with Crippen LogP contribution in [0.1, 0.15) is 48.4 Å². The molecule has 2 aromatic carbocycles. The second-order valence-corrected chi connectivity index (χ2v) is 9.65. The molecule has 2 N–H and O–H groups in total. The fourth-order valence-corrected chi connectivity index (χ4v) is 5.09. The van der Waals surface area contributed by atoms with Crippen LogP contribution in [0.25, 0.3) is 21.9 Å². The second-order valence-electron chi connectivity index (χ2n) is 9.65. The SMILES string of the molecule is C[C@H](c1nc2ccc(C(=O)NC3CCC3)cc2[nH]1)N1CCN(c2ccnc3ccc(F)cc23)CC1. The van der Waals surface area contributed by atoms with Gasteiger partial charge in [-0.3, -0.25) is 14.7 Å². The number of imidazole rings is 1. The number of carbonyl (C=O) groups is 1. The average molecular weight is 473 g/mol. The predicted molar refractivity (Wildman–Crippen MR) is 135 cm³/mol. The van der Waals surface area contributed by atoms with Gasteiger partial charge in [-0.05, 0) is 68.7 Å². The van der Waals surface area contributed by atoms with Gasteiger partial charge >= 0.3 is 0 Å². The Labute approximate surface area is 203 Å². The molecule has 1 atom stereocenters. The van der Waals surface area contributed by atoms with Gasteiger partial charge in [0.25, 0.3) is 5.91 Å². The molecule has 8 heteroatoms. The summed E-state index contributed by atoms with van der Waals surface area (Å²) in [4.78, 5) is 29.9. The third-order valence-electron chi connectivity index (χ3n) is 7.48. The van der Waals surface area contributed by atoms with Crippen LogP contribution in [0.4, 0.5) is 10.1 Å². The van der Waals surface area contributed by atoms with Gasteiger partial charge in [-0.25, -0.2) is 9.37 Å². The van der Waals surface area contributed by atoms with Gasteiger partial charge in [-0.2, -0.15) is 0 Å². The topological polar surface area (TPSA) is 77.2 Å². The summed E-state index contributed by atoms with van der Waals surface area (Å²) < 4.78 is 13.9. The largest absolute Gasteiger partial charge is 0.368 e. The summed E-state index contributed by atoms with van der Waals surface area (Å²) in [5, 5.41) is 3.95. The first kappa shape index (κ1) is 22.0. The summed E-state index contributed by atoms with van der Waals surface area (Å²) in [6, 6.07) is 12.8. The Morgan fingerprint density at radius 3 is 2.66 bits per heavy atom. The lowest BCUT2D eigenvalue weighted by Crippen LogP contribution is -2.47. The Kier molecular flexibility index (Phi) is 5.60. The highest BCUT2D eigenvalue weighted by Gasteiger charge is 2.25. The summed E-state index contributed by atoms with van der Waals surface area (Å²) in [5.41, 5.74) is 4.26. The molecule has 7 nitrogen and oxygen atoms in total. The zero-order chi connectivity index (χ0) is 23.9. The van der Waals surface area contributed by atoms with E-state index in [2.05, 4.69) is 32.0 Å². The van der Waals surface area contributed by atoms with Crippen LogP contribution in [0.15, 0.2) is 48.7 Å². The van der Waals surface area contributed by atoms with Gasteiger partial charge in [0, 0.05) is 55.1 Å². The lowest BCUT2D eigenvalue weighted by atomic mass is 9.93. The van der Waals surface area contributed by atoms with Crippen LogP contribution in [0.3, 0.4) is 0 Å². The van der Waals surface area contributed by atoms with Gasteiger partial charge in [0.05, 0.1) is 22.6 Å². The number of pyridine rings is 1. The van der Waals surface area contributed by atoms with E-state index in [9.17, 15) is 9.18 Å². The molecule has 0 unspecified atom stereocenters. The van der Waals surface area contributed by atoms with Gasteiger partial charge in [0.1, 0.15) is 11.6 Å². The van der Waals surface area contributed by atoms with E-state index in [-0.39, 0.29) is 17.8 Å². The molecule has 0 bridgehead atoms. The number of carbonyl (C=O) groups excluding carboxylic acids is 1. The summed E-state index contributed by atoms with van der Waals surface area (Å²) in [6.45, 7) is 5.57. The maximum atomic E-state index is 13.9. The van der Waals surface area contributed by atoms with Crippen LogP contribution < -0.4 is 10.2 Å². The number of hydrogen-bond donors (Lipinski definition) is 2. The number of piperazine rings is 1. The Morgan fingerprint density at radius 1 is 1.09 bits per heavy atom. The molecule has 1 aliphatic heterocycles. The fourth-order valence-electron chi connectivity index (χ4n) is 5.09. The van der Waals surface area contributed by atoms with Crippen LogP contribution in [0, 0.1) is 5.82 Å². The highest BCUT2D eigenvalue weighted by Crippen LogP contribution is 2.29. The molecule has 1 saturated carbocycles. The molecule has 0 spiro atoms. The number of amides is 1. The molecular formula is C27H29FN6O. The summed E-state index contributed by atoms with van der Waals surface area (Å²) in [7, 11) is 0. The number of H-pyrrole nitrogens is 1. The van der Waals surface area contributed by atoms with E-state index in [1.165, 1.54) is 12.5 Å². The number of fused-ring (bicyclic) bond motifs is 2. The normalized spacial score (nSPS) is 18.1. The van der Waals surface area contributed by atoms with Gasteiger partial charge < -0.3 is 15.2 Å². The zero-order valence-corrected chi connectivity index (χ0v) is 19.8. The molecule has 1 saturated heterocycles. The fraction of sp³-hybridized carbons (Fsp3) is 0.370. The smallest absolute Gasteiger partial charge is 0.251 e. The Balaban J connectivity index is 1.15. The van der Waals surface area contributed by atoms with E-state index in [1.54, 1.807) is 18.3 Å². The highest BCUT2D eigenvalue weighted by molar-refractivity contribution is 5.97. The van der Waals surface area contributed by atoms with Crippen LogP contribution in [-0.4, -0.2) is 58.0 Å². The molecule has 6 rings (SSSR count). The van der Waals surface area contributed by atoms with Crippen LogP contribution in [0.2, 0.25) is 0 Å². The van der Waals surface area contributed by atoms with Crippen molar-refractivity contribution in [2.24, 2.45) is 0 Å². The Bertz CT molecular complexity index is 1390. The minimum atomic E-state index is -0.243. The van der Waals surface area contributed by atoms with Crippen molar-refractivity contribution in [2.75, 3.05) is 31.1 Å². The molecule has 2 fully saturated rings. The third-order valence-corrected chi connectivity index (χ3v) is 7.48. The molecular weight excluding hydrogens is 443 g/mol. The van der Waals surface area contributed by atoms with Crippen LogP contribution in [0.5, 0.6) is 0 Å². The summed E-state index contributed by atoms with van der Waals surface area (Å²) in [6.07, 6.45) is 5.12. The second kappa shape index (κ2) is 8.92. The average Bonchev–Trinajstić information content (AvgIpc) is 3.29. The lowest BCUT2D eigenvalue weighted by molar-refractivity contribution is 0.0917. The first-order valence-corrected chi connectivity index (χ1v) is 12.4. The molecule has 2 aliphatic rings. The number of benzene rings is 2. The van der Waals surface area contributed by atoms with Crippen molar-refractivity contribution in [1.29, 1.82) is 0 Å². The number of rotatable bonds is 5. The molecule has 3 heterocycles. The van der Waals surface area contributed by atoms with Crippen molar-refractivity contribution in [3.8, 4) is 0 Å². The number of nitrogens with zero attached hydrogens (tertiary/aromatic N) is 4. The van der Waals surface area contributed by atoms with Crippen LogP contribution in [-0.2, 0) is 0 Å². The van der Waals surface area contributed by atoms with Crippen molar-refractivity contribution in [3.05, 3.63) is 65.9 Å². The molecule has 180 valence electrons. The van der Waals surface area contributed by atoms with Gasteiger partial charge in [0.2, 0.25) is 0 Å². The maximum Gasteiger partial charge on any atom is 0.251 e. The number of aromatic nitrogens is 3. The van der Waals surface area contributed by atoms with Gasteiger partial charge in [0.15, 0.2) is 0 Å². The number of nitrogens with one attached hydrogen (secondary N) is 2. The first-order valence-electron chi connectivity index (χ1n) is 12.4. The molecule has 1 aliphatic carbocycles. The van der Waals surface area contributed by atoms with E-state index < -0.39 is 0 Å². The molecule has 0 radical (unpaired) electrons. The van der Waals surface area contributed by atoms with Gasteiger partial charge in [-0.1, -0.05) is 0 Å². The minimum Gasteiger partial charge on any atom is -0.368 e. The molecule has 4 aromatic rings. The standard InChI is InChI=1S/C27H29FN6O/c1-17(26-31-23-7-5-18(15-24(23)32-26)27(35)30-20-3-2-4-20)33-11-13-34(14-12-33)25-9-10-29-22-8-6-19(28)16-21(22)25/h5-10,15-17,20H,2-4,11-14H2,1H3,(H,30,35)(H,31,32)/t17-/m1/s1. The van der Waals surface area contributed by atoms with Crippen molar-refractivity contribution >= 4 is 33.5 Å². The lowest BCUT2D eigenvalue weighted by Gasteiger charge is -2.38. The first-order chi connectivity index (χ1) is 17.0. The predicted octanol–water partition coefficient (Wildman–Crippen LogP) is 4.42. The quantitative estimate of drug-likeness (QED) is 0.450. The van der Waals surface area contributed by atoms with Crippen molar-refractivity contribution in [2.45, 2.75) is 38.3 Å². The van der Waals surface area contributed by atoms with Crippen LogP contribution >= 0.6 is 0 Å². The van der Waals surface area contributed by atoms with Crippen molar-refractivity contribution in [1.82, 2.24) is 25.2 Å². The number of halogens is 1. The van der Waals surface area contributed by atoms with E-state index in [4.69, 9.17) is 4.98 Å². The molecule has 35 heavy (non-hydrogen) atoms. The van der Waals surface area contributed by atoms with Gasteiger partial charge in [-0.15, -0.1) is 0 Å². The van der Waals surface area contributed by atoms with Crippen molar-refractivity contribution in [3.63, 3.8) is 0 Å². The van der Waals surface area contributed by atoms with E-state index in [0.717, 1.165) is 72.5 Å². The highest BCUT2D eigenvalue weighted by atomic mass is 19.1. The number of hydrogen-bond acceptors (Lipinski definition) is 5. The monoisotopic (exact) mass is 472 g/mol. The van der Waals surface area contributed by atoms with Crippen molar-refractivity contribution < 1.29 is 9.18 Å². The maximum absolute atomic E-state index is 13.9. The Morgan fingerprint density at radius 2 is 1.89 bits per heavy atom. The summed E-state index contributed by atoms with van der Waals surface area (Å²) in [5.74, 6) is 0.648. The zero-order valence-electron chi connectivity index (χ0n) is 19.8. The summed E-state index contributed by atoms with van der Waals surface area (Å²) >= 11 is 0. The van der Waals surface area contributed by atoms with E-state index >= 15 is 0 Å². The molecule has 1 amide bonds. The van der Waals surface area contributed by atoms with E-state index in [0.29, 0.717) is 11.6 Å². The third kappa shape index (κ3) is 4.23. The number of anilines is 1.